The predicted octanol–water partition coefficient (Wildman–Crippen LogP) is 1.15. The van der Waals surface area contributed by atoms with Gasteiger partial charge in [0.05, 0.1) is 11.4 Å². The molecule has 15 heavy (non-hydrogen) atoms. The molecule has 0 aliphatic carbocycles. The summed E-state index contributed by atoms with van der Waals surface area (Å²) in [5.74, 6) is 1.08. The lowest BCUT2D eigenvalue weighted by Gasteiger charge is -2.05. The molecule has 80 valence electrons. The largest absolute Gasteiger partial charge is 0.333 e. The summed E-state index contributed by atoms with van der Waals surface area (Å²) in [6.07, 6.45) is 6.52. The summed E-state index contributed by atoms with van der Waals surface area (Å²) < 4.78 is 2.16. The smallest absolute Gasteiger partial charge is 0.115 e. The van der Waals surface area contributed by atoms with Crippen molar-refractivity contribution in [1.82, 2.24) is 19.9 Å². The molecule has 0 aliphatic heterocycles. The monoisotopic (exact) mass is 222 g/mol. The maximum absolute atomic E-state index is 4.35. The van der Waals surface area contributed by atoms with Crippen molar-refractivity contribution in [3.63, 3.8) is 0 Å². The predicted molar refractivity (Wildman–Crippen MR) is 61.1 cm³/mol. The summed E-state index contributed by atoms with van der Waals surface area (Å²) in [6, 6.07) is 0. The minimum absolute atomic E-state index is 0.828. The Morgan fingerprint density at radius 2 is 2.33 bits per heavy atom. The second-order valence-corrected chi connectivity index (χ2v) is 4.22. The first-order valence-corrected chi connectivity index (χ1v) is 5.81. The van der Waals surface area contributed by atoms with Crippen LogP contribution in [0.15, 0.2) is 24.0 Å². The molecule has 0 bridgehead atoms. The first-order chi connectivity index (χ1) is 7.40. The van der Waals surface area contributed by atoms with Crippen molar-refractivity contribution in [1.29, 1.82) is 0 Å². The Balaban J connectivity index is 2.04. The van der Waals surface area contributed by atoms with Crippen LogP contribution in [0.2, 0.25) is 0 Å². The van der Waals surface area contributed by atoms with Crippen molar-refractivity contribution in [2.45, 2.75) is 13.0 Å². The molecule has 0 saturated carbocycles. The highest BCUT2D eigenvalue weighted by Gasteiger charge is 2.04. The molecule has 4 nitrogen and oxygen atoms in total. The van der Waals surface area contributed by atoms with E-state index in [4.69, 9.17) is 0 Å². The minimum Gasteiger partial charge on any atom is -0.333 e. The number of nitrogens with one attached hydrogen (secondary N) is 1. The fraction of sp³-hybridized carbons (Fsp3) is 0.400. The van der Waals surface area contributed by atoms with Gasteiger partial charge in [-0.2, -0.15) is 0 Å². The fourth-order valence-electron chi connectivity index (χ4n) is 1.42. The molecule has 2 aromatic rings. The van der Waals surface area contributed by atoms with E-state index < -0.39 is 0 Å². The van der Waals surface area contributed by atoms with Gasteiger partial charge in [-0.1, -0.05) is 0 Å². The highest BCUT2D eigenvalue weighted by Crippen LogP contribution is 2.10. The van der Waals surface area contributed by atoms with Crippen molar-refractivity contribution in [3.05, 3.63) is 34.8 Å². The highest BCUT2D eigenvalue weighted by molar-refractivity contribution is 7.09. The Morgan fingerprint density at radius 3 is 3.07 bits per heavy atom. The SMILES string of the molecule is CNCCn1ccnc1Cc1nccs1. The number of likely N-dealkylation sites (N-methyl/N-ethyl adjacent to an activating group) is 1. The van der Waals surface area contributed by atoms with Crippen molar-refractivity contribution in [2.24, 2.45) is 0 Å². The van der Waals surface area contributed by atoms with Crippen LogP contribution in [0.4, 0.5) is 0 Å². The molecule has 0 radical (unpaired) electrons. The standard InChI is InChI=1S/C10H14N4S/c1-11-2-5-14-6-3-12-9(14)8-10-13-4-7-15-10/h3-4,6-7,11H,2,5,8H2,1H3. The fourth-order valence-corrected chi connectivity index (χ4v) is 2.03. The molecule has 2 rings (SSSR count). The van der Waals surface area contributed by atoms with E-state index in [1.165, 1.54) is 0 Å². The average molecular weight is 222 g/mol. The summed E-state index contributed by atoms with van der Waals surface area (Å²) in [4.78, 5) is 8.61. The maximum atomic E-state index is 4.35. The van der Waals surface area contributed by atoms with E-state index in [1.807, 2.05) is 31.0 Å². The summed E-state index contributed by atoms with van der Waals surface area (Å²) >= 11 is 1.67. The molecule has 1 N–H and O–H groups in total. The van der Waals surface area contributed by atoms with E-state index in [0.29, 0.717) is 0 Å². The number of aromatic nitrogens is 3. The molecule has 0 amide bonds. The molecule has 5 heteroatoms. The molecule has 0 aliphatic rings. The average Bonchev–Trinajstić information content (AvgIpc) is 2.87. The van der Waals surface area contributed by atoms with Crippen LogP contribution < -0.4 is 5.32 Å². The minimum atomic E-state index is 0.828. The van der Waals surface area contributed by atoms with Gasteiger partial charge in [0, 0.05) is 37.1 Å². The van der Waals surface area contributed by atoms with Gasteiger partial charge < -0.3 is 9.88 Å². The van der Waals surface area contributed by atoms with Crippen LogP contribution in [0.25, 0.3) is 0 Å². The number of rotatable bonds is 5. The second-order valence-electron chi connectivity index (χ2n) is 3.24. The van der Waals surface area contributed by atoms with Gasteiger partial charge in [0.2, 0.25) is 0 Å². The molecule has 0 atom stereocenters. The summed E-state index contributed by atoms with van der Waals surface area (Å²) in [7, 11) is 1.96. The second kappa shape index (κ2) is 5.04. The molecular formula is C10H14N4S. The number of imidazole rings is 1. The molecule has 2 heterocycles. The van der Waals surface area contributed by atoms with Crippen LogP contribution in [0.1, 0.15) is 10.8 Å². The Bertz CT molecular complexity index is 393. The lowest BCUT2D eigenvalue weighted by molar-refractivity contribution is 0.621. The van der Waals surface area contributed by atoms with Gasteiger partial charge in [-0.3, -0.25) is 0 Å². The number of hydrogen-bond donors (Lipinski definition) is 1. The third kappa shape index (κ3) is 2.64. The zero-order valence-corrected chi connectivity index (χ0v) is 9.50. The van der Waals surface area contributed by atoms with E-state index in [1.54, 1.807) is 11.3 Å². The van der Waals surface area contributed by atoms with Crippen LogP contribution in [0, 0.1) is 0 Å². The van der Waals surface area contributed by atoms with E-state index in [-0.39, 0.29) is 0 Å². The van der Waals surface area contributed by atoms with E-state index in [9.17, 15) is 0 Å². The Morgan fingerprint density at radius 1 is 1.40 bits per heavy atom. The summed E-state index contributed by atoms with van der Waals surface area (Å²) in [5, 5.41) is 6.24. The van der Waals surface area contributed by atoms with Crippen LogP contribution in [0.3, 0.4) is 0 Å². The first kappa shape index (κ1) is 10.3. The lowest BCUT2D eigenvalue weighted by Crippen LogP contribution is -2.16. The Labute approximate surface area is 93.0 Å². The molecule has 0 unspecified atom stereocenters. The van der Waals surface area contributed by atoms with Crippen molar-refractivity contribution >= 4 is 11.3 Å². The van der Waals surface area contributed by atoms with E-state index >= 15 is 0 Å². The molecule has 0 fully saturated rings. The van der Waals surface area contributed by atoms with Gasteiger partial charge in [-0.25, -0.2) is 9.97 Å². The third-order valence-corrected chi connectivity index (χ3v) is 2.98. The van der Waals surface area contributed by atoms with Gasteiger partial charge in [-0.05, 0) is 7.05 Å². The van der Waals surface area contributed by atoms with Gasteiger partial charge in [0.15, 0.2) is 0 Å². The highest BCUT2D eigenvalue weighted by atomic mass is 32.1. The maximum Gasteiger partial charge on any atom is 0.115 e. The quantitative estimate of drug-likeness (QED) is 0.825. The zero-order chi connectivity index (χ0) is 10.5. The first-order valence-electron chi connectivity index (χ1n) is 4.93. The number of thiazole rings is 1. The molecule has 0 spiro atoms. The number of hydrogen-bond acceptors (Lipinski definition) is 4. The van der Waals surface area contributed by atoms with Crippen LogP contribution in [0.5, 0.6) is 0 Å². The van der Waals surface area contributed by atoms with Crippen molar-refractivity contribution in [3.8, 4) is 0 Å². The van der Waals surface area contributed by atoms with Crippen LogP contribution in [-0.4, -0.2) is 28.1 Å². The van der Waals surface area contributed by atoms with Crippen molar-refractivity contribution in [2.75, 3.05) is 13.6 Å². The van der Waals surface area contributed by atoms with Gasteiger partial charge in [0.25, 0.3) is 0 Å². The van der Waals surface area contributed by atoms with E-state index in [2.05, 4.69) is 19.9 Å². The summed E-state index contributed by atoms with van der Waals surface area (Å²) in [6.45, 7) is 1.92. The molecular weight excluding hydrogens is 208 g/mol. The van der Waals surface area contributed by atoms with Crippen molar-refractivity contribution < 1.29 is 0 Å². The zero-order valence-electron chi connectivity index (χ0n) is 8.68. The molecule has 0 aromatic carbocycles. The third-order valence-electron chi connectivity index (χ3n) is 2.20. The number of nitrogens with zero attached hydrogens (tertiary/aromatic N) is 3. The van der Waals surface area contributed by atoms with Crippen LogP contribution in [-0.2, 0) is 13.0 Å². The summed E-state index contributed by atoms with van der Waals surface area (Å²) in [5.41, 5.74) is 0. The van der Waals surface area contributed by atoms with Gasteiger partial charge in [-0.15, -0.1) is 11.3 Å². The normalized spacial score (nSPS) is 10.7. The van der Waals surface area contributed by atoms with Gasteiger partial charge >= 0.3 is 0 Å². The lowest BCUT2D eigenvalue weighted by atomic mass is 10.4. The topological polar surface area (TPSA) is 42.7 Å². The Kier molecular flexibility index (Phi) is 3.47. The van der Waals surface area contributed by atoms with Crippen LogP contribution >= 0.6 is 11.3 Å². The molecule has 0 saturated heterocycles. The van der Waals surface area contributed by atoms with Gasteiger partial charge in [0.1, 0.15) is 5.82 Å². The van der Waals surface area contributed by atoms with E-state index in [0.717, 1.165) is 30.3 Å². The Hall–Kier alpha value is -1.20. The molecule has 2 aromatic heterocycles.